The number of ketones is 1. The minimum Gasteiger partial charge on any atom is -0.273 e. The molecule has 41 heavy (non-hydrogen) atoms. The van der Waals surface area contributed by atoms with Gasteiger partial charge in [-0.1, -0.05) is 90.3 Å². The van der Waals surface area contributed by atoms with E-state index in [2.05, 4.69) is 78.9 Å². The third-order valence-corrected chi connectivity index (χ3v) is 7.42. The second-order valence-corrected chi connectivity index (χ2v) is 13.0. The second kappa shape index (κ2) is 11.8. The van der Waals surface area contributed by atoms with Gasteiger partial charge in [0, 0.05) is 19.6 Å². The molecule has 212 valence electrons. The molecule has 10 heteroatoms. The van der Waals surface area contributed by atoms with Crippen LogP contribution in [0.15, 0.2) is 153 Å². The summed E-state index contributed by atoms with van der Waals surface area (Å²) in [7, 11) is -10.7. The predicted octanol–water partition coefficient (Wildman–Crippen LogP) is 12.0. The summed E-state index contributed by atoms with van der Waals surface area (Å²) in [5, 5.41) is 0. The van der Waals surface area contributed by atoms with Crippen LogP contribution in [0, 0.1) is 0 Å². The molecule has 1 N–H and O–H groups in total. The summed E-state index contributed by atoms with van der Waals surface area (Å²) in [4.78, 5) is 15.4. The topological polar surface area (TPSA) is 21.4 Å². The van der Waals surface area contributed by atoms with Crippen molar-refractivity contribution in [3.8, 4) is 11.1 Å². The average molecular weight is 621 g/mol. The van der Waals surface area contributed by atoms with E-state index in [0.29, 0.717) is 5.78 Å². The van der Waals surface area contributed by atoms with E-state index in [9.17, 15) is 30.0 Å². The second-order valence-electron chi connectivity index (χ2n) is 8.77. The van der Waals surface area contributed by atoms with Gasteiger partial charge in [0.15, 0.2) is 0 Å². The van der Waals surface area contributed by atoms with Crippen LogP contribution in [0.2, 0.25) is 0 Å². The Hall–Kier alpha value is -3.52. The third-order valence-electron chi connectivity index (χ3n) is 5.41. The Morgan fingerprint density at radius 1 is 0.439 bits per heavy atom. The van der Waals surface area contributed by atoms with Crippen LogP contribution in [-0.4, -0.2) is 10.6 Å². The minimum absolute atomic E-state index is 0.298. The van der Waals surface area contributed by atoms with Gasteiger partial charge in [0.25, 0.3) is 0 Å². The zero-order chi connectivity index (χ0) is 29.6. The van der Waals surface area contributed by atoms with Gasteiger partial charge in [-0.3, -0.25) is 4.79 Å². The van der Waals surface area contributed by atoms with E-state index in [-0.39, 0.29) is 0 Å². The van der Waals surface area contributed by atoms with Gasteiger partial charge in [0.05, 0.1) is 11.1 Å². The van der Waals surface area contributed by atoms with Crippen molar-refractivity contribution in [2.45, 2.75) is 19.6 Å². The molecule has 0 aliphatic carbocycles. The Kier molecular flexibility index (Phi) is 8.73. The maximum Gasteiger partial charge on any atom is 0.354 e. The van der Waals surface area contributed by atoms with Crippen LogP contribution in [-0.2, 0) is 0 Å². The number of hydrogen-bond acceptors (Lipinski definition) is 2. The summed E-state index contributed by atoms with van der Waals surface area (Å²) in [5.74, 6) is 0.298. The zero-order valence-corrected chi connectivity index (χ0v) is 23.7. The Morgan fingerprint density at radius 3 is 1.29 bits per heavy atom. The van der Waals surface area contributed by atoms with Gasteiger partial charge in [0.1, 0.15) is 0 Å². The van der Waals surface area contributed by atoms with Crippen LogP contribution < -0.4 is 0 Å². The molecule has 0 aliphatic rings. The summed E-state index contributed by atoms with van der Waals surface area (Å²) >= 11 is 3.47. The van der Waals surface area contributed by atoms with Gasteiger partial charge in [-0.05, 0) is 77.9 Å². The first kappa shape index (κ1) is 30.4. The van der Waals surface area contributed by atoms with Gasteiger partial charge < -0.3 is 0 Å². The van der Waals surface area contributed by atoms with E-state index < -0.39 is 7.81 Å². The number of halogens is 6. The van der Waals surface area contributed by atoms with Crippen molar-refractivity contribution < 1.29 is 30.0 Å². The number of rotatable bonds is 7. The molecule has 0 heterocycles. The normalized spacial score (nSPS) is 12.8. The van der Waals surface area contributed by atoms with Gasteiger partial charge in [-0.15, -0.1) is 0 Å². The van der Waals surface area contributed by atoms with Gasteiger partial charge in [-0.2, -0.15) is 0 Å². The Bertz CT molecular complexity index is 1600. The van der Waals surface area contributed by atoms with E-state index in [1.54, 1.807) is 23.5 Å². The molecule has 0 atom stereocenters. The molecule has 0 saturated heterocycles. The van der Waals surface area contributed by atoms with E-state index >= 15 is 0 Å². The van der Waals surface area contributed by atoms with Crippen molar-refractivity contribution in [3.63, 3.8) is 0 Å². The molecule has 1 nitrogen and oxygen atoms in total. The van der Waals surface area contributed by atoms with Crippen LogP contribution in [0.1, 0.15) is 11.1 Å². The fraction of sp³-hybridized carbons (Fsp3) is 0. The van der Waals surface area contributed by atoms with E-state index in [1.165, 1.54) is 20.9 Å². The van der Waals surface area contributed by atoms with Crippen molar-refractivity contribution in [2.75, 3.05) is 0 Å². The molecule has 0 aromatic heterocycles. The number of benzene rings is 5. The average Bonchev–Trinajstić information content (AvgIpc) is 2.93. The molecule has 0 aliphatic heterocycles. The van der Waals surface area contributed by atoms with Crippen molar-refractivity contribution >= 4 is 37.1 Å². The van der Waals surface area contributed by atoms with E-state index in [0.717, 1.165) is 20.9 Å². The molecule has 5 rings (SSSR count). The van der Waals surface area contributed by atoms with Crippen LogP contribution in [0.5, 0.6) is 0 Å². The van der Waals surface area contributed by atoms with E-state index in [4.69, 9.17) is 0 Å². The number of carbonyl (C=O) groups excluding carboxylic acids is 1. The molecule has 0 fully saturated rings. The molecule has 5 aromatic rings. The summed E-state index contributed by atoms with van der Waals surface area (Å²) in [6.07, 6.45) is 0. The zero-order valence-electron chi connectivity index (χ0n) is 21.2. The van der Waals surface area contributed by atoms with Crippen LogP contribution in [0.4, 0.5) is 25.2 Å². The summed E-state index contributed by atoms with van der Waals surface area (Å²) < 4.78 is 59.2. The van der Waals surface area contributed by atoms with Gasteiger partial charge >= 0.3 is 38.8 Å². The Labute approximate surface area is 241 Å². The first-order valence-corrected chi connectivity index (χ1v) is 15.8. The smallest absolute Gasteiger partial charge is 0.273 e. The van der Waals surface area contributed by atoms with Gasteiger partial charge in [0.2, 0.25) is 0 Å². The molecular formula is C31H23F6OPS2. The van der Waals surface area contributed by atoms with Crippen molar-refractivity contribution in [2.24, 2.45) is 0 Å². The summed E-state index contributed by atoms with van der Waals surface area (Å²) in [6, 6.07) is 45.5. The Morgan fingerprint density at radius 2 is 0.805 bits per heavy atom. The fourth-order valence-corrected chi connectivity index (χ4v) is 5.38. The van der Waals surface area contributed by atoms with Crippen LogP contribution in [0.25, 0.3) is 11.1 Å². The first-order valence-electron chi connectivity index (χ1n) is 12.1. The van der Waals surface area contributed by atoms with Crippen LogP contribution in [0.3, 0.4) is 0 Å². The Balaban J connectivity index is 0.000000493. The quantitative estimate of drug-likeness (QED) is 0.0781. The maximum atomic E-state index is 10.7. The third kappa shape index (κ3) is 11.1. The summed E-state index contributed by atoms with van der Waals surface area (Å²) in [5.41, 5.74) is 4.05. The predicted molar refractivity (Wildman–Crippen MR) is 158 cm³/mol. The minimum atomic E-state index is -10.7. The monoisotopic (exact) mass is 620 g/mol. The summed E-state index contributed by atoms with van der Waals surface area (Å²) in [6.45, 7) is 0. The molecule has 0 spiro atoms. The fourth-order valence-electron chi connectivity index (χ4n) is 3.66. The first-order chi connectivity index (χ1) is 19.2. The molecule has 0 radical (unpaired) electrons. The number of hydrogen-bond donors (Lipinski definition) is 0. The molecule has 0 saturated carbocycles. The van der Waals surface area contributed by atoms with Crippen molar-refractivity contribution in [1.29, 1.82) is 0 Å². The molecule has 0 amide bonds. The van der Waals surface area contributed by atoms with Crippen molar-refractivity contribution in [3.05, 3.63) is 145 Å². The van der Waals surface area contributed by atoms with Crippen LogP contribution >= 0.6 is 31.3 Å². The maximum absolute atomic E-state index is 10.7. The molecule has 0 bridgehead atoms. The molecular weight excluding hydrogens is 597 g/mol. The largest absolute Gasteiger partial charge is 0.354 e. The molecule has 5 aromatic carbocycles. The standard InChI is InChI=1S/C31H22OS2.F6P/c32-31(25-8-3-1-4-9-25)26-10-7-13-30(22-26)34-29-20-16-24(17-21-29)23-14-18-28(19-15-23)33-27-11-5-2-6-12-27;1-7(2,3,4,5)6/h1-22H;/q;-1/p+1. The molecule has 0 unspecified atom stereocenters. The van der Waals surface area contributed by atoms with Crippen molar-refractivity contribution in [1.82, 2.24) is 0 Å². The SMILES string of the molecule is F[P-](F)(F)(F)(F)F.[OH+]=C(c1ccccc1)c1cccc(Sc2ccc(-c3ccc(Sc4ccccc4)cc3)cc2)c1. The van der Waals surface area contributed by atoms with Gasteiger partial charge in [-0.25, -0.2) is 0 Å². The van der Waals surface area contributed by atoms with E-state index in [1.807, 2.05) is 54.6 Å².